The highest BCUT2D eigenvalue weighted by Crippen LogP contribution is 2.26. The Kier molecular flexibility index (Phi) is 6.65. The molecule has 1 aliphatic rings. The van der Waals surface area contributed by atoms with Crippen LogP contribution in [0.5, 0.6) is 0 Å². The average molecular weight is 293 g/mol. The van der Waals surface area contributed by atoms with Gasteiger partial charge in [-0.2, -0.15) is 0 Å². The summed E-state index contributed by atoms with van der Waals surface area (Å²) in [5, 5.41) is 3.50. The van der Waals surface area contributed by atoms with Gasteiger partial charge in [-0.15, -0.1) is 0 Å². The zero-order valence-electron chi connectivity index (χ0n) is 13.3. The molecule has 1 aromatic carbocycles. The molecule has 2 atom stereocenters. The second-order valence-electron chi connectivity index (χ2n) is 6.10. The van der Waals surface area contributed by atoms with Crippen LogP contribution in [0.3, 0.4) is 0 Å². The first-order valence-electron chi connectivity index (χ1n) is 8.31. The molecule has 3 heteroatoms. The van der Waals surface area contributed by atoms with Gasteiger partial charge in [0.1, 0.15) is 5.82 Å². The quantitative estimate of drug-likeness (QED) is 0.798. The van der Waals surface area contributed by atoms with Crippen LogP contribution >= 0.6 is 0 Å². The molecule has 0 amide bonds. The lowest BCUT2D eigenvalue weighted by atomic mass is 9.96. The zero-order valence-corrected chi connectivity index (χ0v) is 13.3. The summed E-state index contributed by atoms with van der Waals surface area (Å²) in [6.07, 6.45) is 6.95. The molecule has 1 heterocycles. The molecule has 2 unspecified atom stereocenters. The van der Waals surface area contributed by atoms with Gasteiger partial charge < -0.3 is 10.1 Å². The Labute approximate surface area is 128 Å². The van der Waals surface area contributed by atoms with Crippen molar-refractivity contribution in [2.45, 2.75) is 64.5 Å². The van der Waals surface area contributed by atoms with Crippen molar-refractivity contribution in [1.82, 2.24) is 5.32 Å². The van der Waals surface area contributed by atoms with Crippen LogP contribution in [0.1, 0.15) is 62.6 Å². The number of benzene rings is 1. The van der Waals surface area contributed by atoms with Crippen molar-refractivity contribution >= 4 is 0 Å². The van der Waals surface area contributed by atoms with Crippen LogP contribution in [0.4, 0.5) is 4.39 Å². The predicted octanol–water partition coefficient (Wildman–Crippen LogP) is 4.52. The molecule has 0 saturated carbocycles. The largest absolute Gasteiger partial charge is 0.378 e. The molecule has 1 saturated heterocycles. The first-order chi connectivity index (χ1) is 10.2. The fourth-order valence-electron chi connectivity index (χ4n) is 3.00. The van der Waals surface area contributed by atoms with Gasteiger partial charge in [0, 0.05) is 18.2 Å². The van der Waals surface area contributed by atoms with E-state index in [0.29, 0.717) is 6.10 Å². The van der Waals surface area contributed by atoms with Gasteiger partial charge in [0.15, 0.2) is 0 Å². The van der Waals surface area contributed by atoms with Crippen molar-refractivity contribution in [3.05, 3.63) is 35.1 Å². The monoisotopic (exact) mass is 293 g/mol. The van der Waals surface area contributed by atoms with Gasteiger partial charge in [0.2, 0.25) is 0 Å². The average Bonchev–Trinajstić information content (AvgIpc) is 2.51. The van der Waals surface area contributed by atoms with Crippen molar-refractivity contribution in [2.75, 3.05) is 13.2 Å². The van der Waals surface area contributed by atoms with E-state index < -0.39 is 0 Å². The highest BCUT2D eigenvalue weighted by molar-refractivity contribution is 5.27. The molecule has 1 fully saturated rings. The summed E-state index contributed by atoms with van der Waals surface area (Å²) < 4.78 is 19.9. The lowest BCUT2D eigenvalue weighted by molar-refractivity contribution is 0.00849. The van der Waals surface area contributed by atoms with Gasteiger partial charge in [-0.05, 0) is 58.1 Å². The Morgan fingerprint density at radius 1 is 1.38 bits per heavy atom. The lowest BCUT2D eigenvalue weighted by Gasteiger charge is -2.26. The third-order valence-corrected chi connectivity index (χ3v) is 4.22. The number of nitrogens with one attached hydrogen (secondary N) is 1. The van der Waals surface area contributed by atoms with E-state index in [1.807, 2.05) is 19.1 Å². The van der Waals surface area contributed by atoms with Crippen molar-refractivity contribution < 1.29 is 9.13 Å². The Morgan fingerprint density at radius 3 is 2.95 bits per heavy atom. The predicted molar refractivity (Wildman–Crippen MR) is 85.0 cm³/mol. The number of ether oxygens (including phenoxy) is 1. The summed E-state index contributed by atoms with van der Waals surface area (Å²) in [4.78, 5) is 0. The molecule has 0 aliphatic carbocycles. The Morgan fingerprint density at radius 2 is 2.24 bits per heavy atom. The summed E-state index contributed by atoms with van der Waals surface area (Å²) in [7, 11) is 0. The van der Waals surface area contributed by atoms with E-state index in [-0.39, 0.29) is 11.9 Å². The second-order valence-corrected chi connectivity index (χ2v) is 6.10. The van der Waals surface area contributed by atoms with Gasteiger partial charge in [-0.25, -0.2) is 4.39 Å². The summed E-state index contributed by atoms with van der Waals surface area (Å²) in [5.41, 5.74) is 1.92. The molecule has 0 aromatic heterocycles. The minimum atomic E-state index is -0.0984. The fraction of sp³-hybridized carbons (Fsp3) is 0.667. The van der Waals surface area contributed by atoms with E-state index in [0.717, 1.165) is 50.0 Å². The van der Waals surface area contributed by atoms with Crippen molar-refractivity contribution in [3.63, 3.8) is 0 Å². The molecule has 2 nitrogen and oxygen atoms in total. The van der Waals surface area contributed by atoms with Gasteiger partial charge in [0.25, 0.3) is 0 Å². The number of aryl methyl sites for hydroxylation is 1. The Balaban J connectivity index is 2.00. The summed E-state index contributed by atoms with van der Waals surface area (Å²) in [6.45, 7) is 5.96. The third-order valence-electron chi connectivity index (χ3n) is 4.22. The maximum absolute atomic E-state index is 14.1. The molecule has 1 aliphatic heterocycles. The summed E-state index contributed by atoms with van der Waals surface area (Å²) in [6, 6.07) is 5.49. The molecule has 21 heavy (non-hydrogen) atoms. The summed E-state index contributed by atoms with van der Waals surface area (Å²) in [5.74, 6) is -0.0984. The maximum Gasteiger partial charge on any atom is 0.127 e. The number of halogens is 1. The smallest absolute Gasteiger partial charge is 0.127 e. The molecule has 0 bridgehead atoms. The molecule has 2 rings (SSSR count). The highest BCUT2D eigenvalue weighted by atomic mass is 19.1. The van der Waals surface area contributed by atoms with Crippen LogP contribution in [-0.2, 0) is 4.74 Å². The van der Waals surface area contributed by atoms with Crippen LogP contribution in [0.25, 0.3) is 0 Å². The number of hydrogen-bond acceptors (Lipinski definition) is 2. The molecule has 0 spiro atoms. The van der Waals surface area contributed by atoms with Gasteiger partial charge >= 0.3 is 0 Å². The number of rotatable bonds is 7. The van der Waals surface area contributed by atoms with E-state index >= 15 is 0 Å². The Hall–Kier alpha value is -0.930. The molecule has 118 valence electrons. The first kappa shape index (κ1) is 16.4. The van der Waals surface area contributed by atoms with Gasteiger partial charge in [-0.3, -0.25) is 0 Å². The molecule has 1 aromatic rings. The van der Waals surface area contributed by atoms with Crippen molar-refractivity contribution in [1.29, 1.82) is 0 Å². The second kappa shape index (κ2) is 8.50. The van der Waals surface area contributed by atoms with Crippen LogP contribution in [0.15, 0.2) is 18.2 Å². The SMILES string of the molecule is CCCNC(CCC1CCCCO1)c1cc(C)ccc1F. The lowest BCUT2D eigenvalue weighted by Crippen LogP contribution is -2.26. The maximum atomic E-state index is 14.1. The minimum absolute atomic E-state index is 0.0929. The van der Waals surface area contributed by atoms with E-state index in [1.165, 1.54) is 12.8 Å². The fourth-order valence-corrected chi connectivity index (χ4v) is 3.00. The highest BCUT2D eigenvalue weighted by Gasteiger charge is 2.19. The summed E-state index contributed by atoms with van der Waals surface area (Å²) >= 11 is 0. The van der Waals surface area contributed by atoms with Gasteiger partial charge in [0.05, 0.1) is 6.10 Å². The molecular weight excluding hydrogens is 265 g/mol. The number of hydrogen-bond donors (Lipinski definition) is 1. The van der Waals surface area contributed by atoms with Crippen LogP contribution in [0.2, 0.25) is 0 Å². The standard InChI is InChI=1S/C18H28FNO/c1-3-11-20-18(10-8-15-6-4-5-12-21-15)16-13-14(2)7-9-17(16)19/h7,9,13,15,18,20H,3-6,8,10-12H2,1-2H3. The van der Waals surface area contributed by atoms with Crippen LogP contribution in [-0.4, -0.2) is 19.3 Å². The van der Waals surface area contributed by atoms with E-state index in [9.17, 15) is 4.39 Å². The van der Waals surface area contributed by atoms with Gasteiger partial charge in [-0.1, -0.05) is 24.6 Å². The van der Waals surface area contributed by atoms with Crippen LogP contribution < -0.4 is 5.32 Å². The molecule has 1 N–H and O–H groups in total. The van der Waals surface area contributed by atoms with Crippen molar-refractivity contribution in [3.8, 4) is 0 Å². The van der Waals surface area contributed by atoms with E-state index in [4.69, 9.17) is 4.74 Å². The van der Waals surface area contributed by atoms with Crippen molar-refractivity contribution in [2.24, 2.45) is 0 Å². The van der Waals surface area contributed by atoms with E-state index in [1.54, 1.807) is 6.07 Å². The normalized spacial score (nSPS) is 20.4. The molecule has 0 radical (unpaired) electrons. The molecular formula is C18H28FNO. The zero-order chi connectivity index (χ0) is 15.1. The van der Waals surface area contributed by atoms with Crippen LogP contribution in [0, 0.1) is 12.7 Å². The minimum Gasteiger partial charge on any atom is -0.378 e. The Bertz CT molecular complexity index is 429. The topological polar surface area (TPSA) is 21.3 Å². The van der Waals surface area contributed by atoms with E-state index in [2.05, 4.69) is 12.2 Å². The third kappa shape index (κ3) is 5.08. The first-order valence-corrected chi connectivity index (χ1v) is 8.31.